The van der Waals surface area contributed by atoms with Gasteiger partial charge < -0.3 is 0 Å². The molecule has 0 saturated carbocycles. The Balaban J connectivity index is 2.45. The van der Waals surface area contributed by atoms with Crippen LogP contribution in [0.15, 0.2) is 26.5 Å². The smallest absolute Gasteiger partial charge is 0.0843 e. The molecule has 1 aromatic heterocycles. The summed E-state index contributed by atoms with van der Waals surface area (Å²) in [7, 11) is 0. The normalized spacial score (nSPS) is 12.8. The SMILES string of the molecule is Cc1cc(C(Br)c2cc(Br)c(Br)s2)c(C)cc1Cl. The summed E-state index contributed by atoms with van der Waals surface area (Å²) in [5.41, 5.74) is 3.57. The van der Waals surface area contributed by atoms with Crippen molar-refractivity contribution in [2.45, 2.75) is 18.7 Å². The van der Waals surface area contributed by atoms with Crippen LogP contribution in [0.5, 0.6) is 0 Å². The molecule has 0 aliphatic heterocycles. The van der Waals surface area contributed by atoms with Gasteiger partial charge in [-0.2, -0.15) is 0 Å². The molecule has 0 nitrogen and oxygen atoms in total. The van der Waals surface area contributed by atoms with Gasteiger partial charge in [0.1, 0.15) is 0 Å². The van der Waals surface area contributed by atoms with Crippen molar-refractivity contribution in [3.63, 3.8) is 0 Å². The summed E-state index contributed by atoms with van der Waals surface area (Å²) in [4.78, 5) is 1.46. The summed E-state index contributed by atoms with van der Waals surface area (Å²) in [5.74, 6) is 0. The molecule has 0 bridgehead atoms. The van der Waals surface area contributed by atoms with Crippen LogP contribution in [0.25, 0.3) is 0 Å². The van der Waals surface area contributed by atoms with Gasteiger partial charge in [0, 0.05) is 14.4 Å². The lowest BCUT2D eigenvalue weighted by atomic mass is 10.0. The van der Waals surface area contributed by atoms with E-state index in [1.807, 2.05) is 13.0 Å². The van der Waals surface area contributed by atoms with Crippen LogP contribution in [0, 0.1) is 13.8 Å². The van der Waals surface area contributed by atoms with Crippen LogP contribution in [0.2, 0.25) is 5.02 Å². The zero-order chi connectivity index (χ0) is 13.4. The number of thiophene rings is 1. The highest BCUT2D eigenvalue weighted by Gasteiger charge is 2.17. The van der Waals surface area contributed by atoms with Crippen LogP contribution in [-0.2, 0) is 0 Å². The Bertz CT molecular complexity index is 573. The lowest BCUT2D eigenvalue weighted by molar-refractivity contribution is 1.16. The second-order valence-electron chi connectivity index (χ2n) is 4.09. The molecule has 96 valence electrons. The predicted octanol–water partition coefficient (Wildman–Crippen LogP) is 7.03. The second kappa shape index (κ2) is 5.96. The Hall–Kier alpha value is 0.650. The molecule has 1 atom stereocenters. The molecule has 0 aliphatic carbocycles. The molecule has 1 unspecified atom stereocenters. The van der Waals surface area contributed by atoms with Crippen LogP contribution in [-0.4, -0.2) is 0 Å². The fourth-order valence-electron chi connectivity index (χ4n) is 1.72. The fraction of sp³-hybridized carbons (Fsp3) is 0.231. The standard InChI is InChI=1S/C13H10Br3ClS/c1-6-4-10(17)7(2)3-8(6)12(15)11-5-9(14)13(16)18-11/h3-5,12H,1-2H3. The maximum absolute atomic E-state index is 6.14. The molecular formula is C13H10Br3ClS. The van der Waals surface area contributed by atoms with Gasteiger partial charge >= 0.3 is 0 Å². The van der Waals surface area contributed by atoms with E-state index in [2.05, 4.69) is 66.8 Å². The zero-order valence-electron chi connectivity index (χ0n) is 9.73. The van der Waals surface area contributed by atoms with E-state index in [1.165, 1.54) is 16.0 Å². The summed E-state index contributed by atoms with van der Waals surface area (Å²) in [5, 5.41) is 0.824. The van der Waals surface area contributed by atoms with Crippen LogP contribution < -0.4 is 0 Å². The topological polar surface area (TPSA) is 0 Å². The molecule has 5 heteroatoms. The Kier molecular flexibility index (Phi) is 4.98. The molecular weight excluding hydrogens is 463 g/mol. The predicted molar refractivity (Wildman–Crippen MR) is 91.4 cm³/mol. The van der Waals surface area contributed by atoms with Gasteiger partial charge in [0.25, 0.3) is 0 Å². The van der Waals surface area contributed by atoms with Crippen molar-refractivity contribution in [1.82, 2.24) is 0 Å². The van der Waals surface area contributed by atoms with Crippen molar-refractivity contribution in [3.05, 3.63) is 53.0 Å². The van der Waals surface area contributed by atoms with Gasteiger partial charge in [-0.25, -0.2) is 0 Å². The molecule has 0 spiro atoms. The van der Waals surface area contributed by atoms with E-state index in [0.717, 1.165) is 18.8 Å². The van der Waals surface area contributed by atoms with Crippen molar-refractivity contribution < 1.29 is 0 Å². The van der Waals surface area contributed by atoms with Gasteiger partial charge in [0.2, 0.25) is 0 Å². The van der Waals surface area contributed by atoms with Gasteiger partial charge in [-0.05, 0) is 74.5 Å². The minimum atomic E-state index is 0.195. The van der Waals surface area contributed by atoms with Gasteiger partial charge in [-0.3, -0.25) is 0 Å². The van der Waals surface area contributed by atoms with Gasteiger partial charge in [-0.15, -0.1) is 11.3 Å². The van der Waals surface area contributed by atoms with Crippen LogP contribution >= 0.6 is 70.7 Å². The number of alkyl halides is 1. The highest BCUT2D eigenvalue weighted by Crippen LogP contribution is 2.42. The molecule has 2 aromatic rings. The van der Waals surface area contributed by atoms with E-state index in [4.69, 9.17) is 11.6 Å². The number of halogens is 4. The average Bonchev–Trinajstić information content (AvgIpc) is 2.63. The van der Waals surface area contributed by atoms with Crippen molar-refractivity contribution in [1.29, 1.82) is 0 Å². The van der Waals surface area contributed by atoms with Crippen LogP contribution in [0.3, 0.4) is 0 Å². The van der Waals surface area contributed by atoms with Crippen molar-refractivity contribution in [2.24, 2.45) is 0 Å². The highest BCUT2D eigenvalue weighted by molar-refractivity contribution is 9.13. The van der Waals surface area contributed by atoms with E-state index < -0.39 is 0 Å². The summed E-state index contributed by atoms with van der Waals surface area (Å²) in [6.07, 6.45) is 0. The number of rotatable bonds is 2. The number of hydrogen-bond donors (Lipinski definition) is 0. The maximum Gasteiger partial charge on any atom is 0.0843 e. The first-order valence-corrected chi connectivity index (χ1v) is 8.95. The lowest BCUT2D eigenvalue weighted by Crippen LogP contribution is -1.95. The molecule has 0 N–H and O–H groups in total. The fourth-order valence-corrected chi connectivity index (χ4v) is 4.93. The Morgan fingerprint density at radius 2 is 1.78 bits per heavy atom. The van der Waals surface area contributed by atoms with Crippen molar-refractivity contribution >= 4 is 70.7 Å². The molecule has 0 saturated heterocycles. The summed E-state index contributed by atoms with van der Waals surface area (Å²) in [6, 6.07) is 6.31. The molecule has 0 amide bonds. The van der Waals surface area contributed by atoms with Crippen molar-refractivity contribution in [2.75, 3.05) is 0 Å². The number of benzene rings is 1. The van der Waals surface area contributed by atoms with E-state index in [-0.39, 0.29) is 4.83 Å². The molecule has 18 heavy (non-hydrogen) atoms. The number of aryl methyl sites for hydroxylation is 2. The Labute approximate surface area is 141 Å². The van der Waals surface area contributed by atoms with E-state index in [9.17, 15) is 0 Å². The highest BCUT2D eigenvalue weighted by atomic mass is 79.9. The Morgan fingerprint density at radius 1 is 1.11 bits per heavy atom. The maximum atomic E-state index is 6.14. The van der Waals surface area contributed by atoms with Gasteiger partial charge in [-0.1, -0.05) is 33.6 Å². The first-order chi connectivity index (χ1) is 8.40. The summed E-state index contributed by atoms with van der Waals surface area (Å²) >= 11 is 18.7. The van der Waals surface area contributed by atoms with Gasteiger partial charge in [0.15, 0.2) is 0 Å². The largest absolute Gasteiger partial charge is 0.131 e. The second-order valence-corrected chi connectivity index (χ2v) is 8.67. The molecule has 2 rings (SSSR count). The third kappa shape index (κ3) is 3.04. The van der Waals surface area contributed by atoms with Gasteiger partial charge in [0.05, 0.1) is 8.61 Å². The third-order valence-electron chi connectivity index (χ3n) is 2.73. The first kappa shape index (κ1) is 15.0. The lowest BCUT2D eigenvalue weighted by Gasteiger charge is -2.13. The molecule has 1 aromatic carbocycles. The zero-order valence-corrected chi connectivity index (χ0v) is 16.1. The number of hydrogen-bond acceptors (Lipinski definition) is 1. The molecule has 0 fully saturated rings. The van der Waals surface area contributed by atoms with Crippen LogP contribution in [0.4, 0.5) is 0 Å². The molecule has 1 heterocycles. The quantitative estimate of drug-likeness (QED) is 0.411. The van der Waals surface area contributed by atoms with Crippen LogP contribution in [0.1, 0.15) is 26.4 Å². The van der Waals surface area contributed by atoms with E-state index in [1.54, 1.807) is 11.3 Å². The minimum absolute atomic E-state index is 0.195. The molecule has 0 aliphatic rings. The minimum Gasteiger partial charge on any atom is -0.131 e. The van der Waals surface area contributed by atoms with Crippen molar-refractivity contribution in [3.8, 4) is 0 Å². The molecule has 0 radical (unpaired) electrons. The van der Waals surface area contributed by atoms with E-state index >= 15 is 0 Å². The monoisotopic (exact) mass is 470 g/mol. The summed E-state index contributed by atoms with van der Waals surface area (Å²) in [6.45, 7) is 4.12. The summed E-state index contributed by atoms with van der Waals surface area (Å²) < 4.78 is 2.21. The Morgan fingerprint density at radius 3 is 2.33 bits per heavy atom. The first-order valence-electron chi connectivity index (χ1n) is 5.25. The third-order valence-corrected chi connectivity index (χ3v) is 7.75. The average molecular weight is 473 g/mol. The van der Waals surface area contributed by atoms with E-state index in [0.29, 0.717) is 0 Å².